The lowest BCUT2D eigenvalue weighted by Gasteiger charge is -2.13. The molecule has 0 saturated carbocycles. The number of pyridine rings is 1. The lowest BCUT2D eigenvalue weighted by Crippen LogP contribution is -2.18. The highest BCUT2D eigenvalue weighted by Crippen LogP contribution is 2.24. The quantitative estimate of drug-likeness (QED) is 0.796. The standard InChI is InChI=1S/C16H18N4O/c1-10(2)12(9-17)16-19-15(20-21-16)14-8-7-11-5-3-4-6-13(11)18-14/h3-8,10,12H,9,17H2,1-2H3. The van der Waals surface area contributed by atoms with Crippen molar-refractivity contribution < 1.29 is 4.52 Å². The third-order valence-corrected chi connectivity index (χ3v) is 3.65. The number of aromatic nitrogens is 3. The molecule has 0 aliphatic rings. The van der Waals surface area contributed by atoms with Gasteiger partial charge in [-0.3, -0.25) is 0 Å². The Balaban J connectivity index is 1.97. The van der Waals surface area contributed by atoms with Crippen molar-refractivity contribution in [2.75, 3.05) is 6.54 Å². The molecule has 0 spiro atoms. The molecule has 1 atom stereocenters. The predicted molar refractivity (Wildman–Crippen MR) is 81.7 cm³/mol. The first-order chi connectivity index (χ1) is 10.2. The number of nitrogens with two attached hydrogens (primary N) is 1. The van der Waals surface area contributed by atoms with Crippen LogP contribution in [0.5, 0.6) is 0 Å². The molecule has 2 heterocycles. The van der Waals surface area contributed by atoms with Crippen molar-refractivity contribution in [2.45, 2.75) is 19.8 Å². The van der Waals surface area contributed by atoms with Gasteiger partial charge >= 0.3 is 0 Å². The zero-order valence-corrected chi connectivity index (χ0v) is 12.2. The van der Waals surface area contributed by atoms with Gasteiger partial charge in [-0.1, -0.05) is 43.3 Å². The van der Waals surface area contributed by atoms with Crippen LogP contribution in [0.15, 0.2) is 40.9 Å². The number of hydrogen-bond acceptors (Lipinski definition) is 5. The van der Waals surface area contributed by atoms with E-state index in [1.807, 2.05) is 36.4 Å². The van der Waals surface area contributed by atoms with Crippen molar-refractivity contribution in [3.63, 3.8) is 0 Å². The van der Waals surface area contributed by atoms with Gasteiger partial charge in [-0.15, -0.1) is 0 Å². The Morgan fingerprint density at radius 3 is 2.67 bits per heavy atom. The maximum absolute atomic E-state index is 5.78. The molecule has 0 aliphatic heterocycles. The number of rotatable bonds is 4. The number of nitrogens with zero attached hydrogens (tertiary/aromatic N) is 3. The van der Waals surface area contributed by atoms with Crippen LogP contribution in [0, 0.1) is 5.92 Å². The van der Waals surface area contributed by atoms with Gasteiger partial charge in [0, 0.05) is 11.9 Å². The molecule has 1 aromatic carbocycles. The molecule has 3 aromatic rings. The molecular weight excluding hydrogens is 264 g/mol. The molecule has 0 aliphatic carbocycles. The Morgan fingerprint density at radius 2 is 1.90 bits per heavy atom. The Bertz CT molecular complexity index is 751. The molecule has 0 radical (unpaired) electrons. The van der Waals surface area contributed by atoms with E-state index in [-0.39, 0.29) is 5.92 Å². The zero-order valence-electron chi connectivity index (χ0n) is 12.2. The average molecular weight is 282 g/mol. The second-order valence-corrected chi connectivity index (χ2v) is 5.43. The molecule has 108 valence electrons. The van der Waals surface area contributed by atoms with Crippen molar-refractivity contribution in [3.8, 4) is 11.5 Å². The Kier molecular flexibility index (Phi) is 3.66. The van der Waals surface area contributed by atoms with E-state index in [2.05, 4.69) is 29.0 Å². The summed E-state index contributed by atoms with van der Waals surface area (Å²) in [5, 5.41) is 5.13. The molecular formula is C16H18N4O. The van der Waals surface area contributed by atoms with E-state index in [1.165, 1.54) is 0 Å². The van der Waals surface area contributed by atoms with E-state index in [1.54, 1.807) is 0 Å². The van der Waals surface area contributed by atoms with Gasteiger partial charge in [0.25, 0.3) is 0 Å². The summed E-state index contributed by atoms with van der Waals surface area (Å²) in [5.41, 5.74) is 7.41. The highest BCUT2D eigenvalue weighted by molar-refractivity contribution is 5.80. The number of para-hydroxylation sites is 1. The molecule has 1 unspecified atom stereocenters. The maximum atomic E-state index is 5.78. The molecule has 0 amide bonds. The van der Waals surface area contributed by atoms with Crippen LogP contribution in [0.4, 0.5) is 0 Å². The largest absolute Gasteiger partial charge is 0.339 e. The first-order valence-electron chi connectivity index (χ1n) is 7.09. The van der Waals surface area contributed by atoms with E-state index in [4.69, 9.17) is 10.3 Å². The third-order valence-electron chi connectivity index (χ3n) is 3.65. The van der Waals surface area contributed by atoms with Crippen molar-refractivity contribution in [2.24, 2.45) is 11.7 Å². The smallest absolute Gasteiger partial charge is 0.231 e. The van der Waals surface area contributed by atoms with Crippen LogP contribution in [0.25, 0.3) is 22.4 Å². The Hall–Kier alpha value is -2.27. The van der Waals surface area contributed by atoms with Gasteiger partial charge in [0.1, 0.15) is 5.69 Å². The molecule has 0 bridgehead atoms. The molecule has 21 heavy (non-hydrogen) atoms. The first kappa shape index (κ1) is 13.7. The molecule has 5 heteroatoms. The highest BCUT2D eigenvalue weighted by Gasteiger charge is 2.21. The Labute approximate surface area is 123 Å². The SMILES string of the molecule is CC(C)C(CN)c1nc(-c2ccc3ccccc3n2)no1. The minimum Gasteiger partial charge on any atom is -0.339 e. The lowest BCUT2D eigenvalue weighted by molar-refractivity contribution is 0.324. The summed E-state index contributed by atoms with van der Waals surface area (Å²) < 4.78 is 5.36. The maximum Gasteiger partial charge on any atom is 0.231 e. The normalized spacial score (nSPS) is 13.0. The van der Waals surface area contributed by atoms with Crippen LogP contribution < -0.4 is 5.73 Å². The van der Waals surface area contributed by atoms with Crippen LogP contribution >= 0.6 is 0 Å². The van der Waals surface area contributed by atoms with Gasteiger partial charge < -0.3 is 10.3 Å². The summed E-state index contributed by atoms with van der Waals surface area (Å²) in [5.74, 6) is 1.52. The fourth-order valence-corrected chi connectivity index (χ4v) is 2.34. The van der Waals surface area contributed by atoms with Crippen LogP contribution in [-0.4, -0.2) is 21.7 Å². The van der Waals surface area contributed by atoms with Gasteiger partial charge in [0.2, 0.25) is 11.7 Å². The van der Waals surface area contributed by atoms with Gasteiger partial charge in [-0.2, -0.15) is 4.98 Å². The van der Waals surface area contributed by atoms with Crippen molar-refractivity contribution >= 4 is 10.9 Å². The highest BCUT2D eigenvalue weighted by atomic mass is 16.5. The van der Waals surface area contributed by atoms with E-state index >= 15 is 0 Å². The molecule has 0 saturated heterocycles. The van der Waals surface area contributed by atoms with Gasteiger partial charge in [0.15, 0.2) is 0 Å². The summed E-state index contributed by atoms with van der Waals surface area (Å²) in [4.78, 5) is 9.03. The molecule has 5 nitrogen and oxygen atoms in total. The van der Waals surface area contributed by atoms with E-state index in [0.29, 0.717) is 29.9 Å². The minimum atomic E-state index is 0.0757. The summed E-state index contributed by atoms with van der Waals surface area (Å²) in [6, 6.07) is 11.9. The van der Waals surface area contributed by atoms with Crippen LogP contribution in [0.1, 0.15) is 25.7 Å². The van der Waals surface area contributed by atoms with Crippen LogP contribution in [0.3, 0.4) is 0 Å². The minimum absolute atomic E-state index is 0.0757. The topological polar surface area (TPSA) is 77.8 Å². The average Bonchev–Trinajstić information content (AvgIpc) is 2.96. The van der Waals surface area contributed by atoms with E-state index in [0.717, 1.165) is 10.9 Å². The summed E-state index contributed by atoms with van der Waals surface area (Å²) in [6.45, 7) is 4.68. The predicted octanol–water partition coefficient (Wildman–Crippen LogP) is 2.98. The Morgan fingerprint density at radius 1 is 1.10 bits per heavy atom. The van der Waals surface area contributed by atoms with Crippen molar-refractivity contribution in [3.05, 3.63) is 42.3 Å². The number of hydrogen-bond donors (Lipinski definition) is 1. The van der Waals surface area contributed by atoms with E-state index < -0.39 is 0 Å². The van der Waals surface area contributed by atoms with E-state index in [9.17, 15) is 0 Å². The second kappa shape index (κ2) is 5.61. The molecule has 3 rings (SSSR count). The fraction of sp³-hybridized carbons (Fsp3) is 0.312. The summed E-state index contributed by atoms with van der Waals surface area (Å²) >= 11 is 0. The van der Waals surface area contributed by atoms with Crippen LogP contribution in [0.2, 0.25) is 0 Å². The van der Waals surface area contributed by atoms with Crippen molar-refractivity contribution in [1.29, 1.82) is 0 Å². The van der Waals surface area contributed by atoms with Gasteiger partial charge in [0.05, 0.1) is 11.4 Å². The van der Waals surface area contributed by atoms with Gasteiger partial charge in [-0.05, 0) is 18.1 Å². The van der Waals surface area contributed by atoms with Crippen molar-refractivity contribution in [1.82, 2.24) is 15.1 Å². The monoisotopic (exact) mass is 282 g/mol. The number of fused-ring (bicyclic) bond motifs is 1. The molecule has 2 aromatic heterocycles. The molecule has 2 N–H and O–H groups in total. The third kappa shape index (κ3) is 2.64. The van der Waals surface area contributed by atoms with Crippen LogP contribution in [-0.2, 0) is 0 Å². The fourth-order valence-electron chi connectivity index (χ4n) is 2.34. The lowest BCUT2D eigenvalue weighted by atomic mass is 9.96. The first-order valence-corrected chi connectivity index (χ1v) is 7.09. The zero-order chi connectivity index (χ0) is 14.8. The second-order valence-electron chi connectivity index (χ2n) is 5.43. The van der Waals surface area contributed by atoms with Gasteiger partial charge in [-0.25, -0.2) is 4.98 Å². The summed E-state index contributed by atoms with van der Waals surface area (Å²) in [7, 11) is 0. The summed E-state index contributed by atoms with van der Waals surface area (Å²) in [6.07, 6.45) is 0. The molecule has 0 fully saturated rings. The number of benzene rings is 1.